The number of carboxylic acid groups (broad SMARTS) is 1. The van der Waals surface area contributed by atoms with E-state index in [1.165, 1.54) is 0 Å². The van der Waals surface area contributed by atoms with E-state index >= 15 is 0 Å². The number of aliphatic carboxylic acids is 1. The highest BCUT2D eigenvalue weighted by Crippen LogP contribution is 2.05. The lowest BCUT2D eigenvalue weighted by Crippen LogP contribution is -2.44. The van der Waals surface area contributed by atoms with Crippen molar-refractivity contribution in [3.63, 3.8) is 0 Å². The lowest BCUT2D eigenvalue weighted by Gasteiger charge is -2.15. The van der Waals surface area contributed by atoms with Crippen LogP contribution in [0.5, 0.6) is 0 Å². The van der Waals surface area contributed by atoms with E-state index in [1.807, 2.05) is 13.8 Å². The Morgan fingerprint density at radius 3 is 2.59 bits per heavy atom. The molecule has 1 aliphatic heterocycles. The fraction of sp³-hybridized carbons (Fsp3) is 0.600. The molecule has 0 saturated heterocycles. The number of hydrogen-bond acceptors (Lipinski definition) is 4. The molecular weight excluding hydrogens is 226 g/mol. The van der Waals surface area contributed by atoms with E-state index in [2.05, 4.69) is 15.8 Å². The molecule has 0 aliphatic carbocycles. The number of amides is 2. The quantitative estimate of drug-likeness (QED) is 0.601. The van der Waals surface area contributed by atoms with Crippen LogP contribution >= 0.6 is 0 Å². The smallest absolute Gasteiger partial charge is 0.326 e. The average Bonchev–Trinajstić information content (AvgIpc) is 2.63. The van der Waals surface area contributed by atoms with Crippen molar-refractivity contribution < 1.29 is 19.5 Å². The van der Waals surface area contributed by atoms with Crippen LogP contribution in [-0.4, -0.2) is 34.6 Å². The minimum absolute atomic E-state index is 0.0185. The molecule has 94 valence electrons. The Hall–Kier alpha value is -1.92. The maximum Gasteiger partial charge on any atom is 0.326 e. The van der Waals surface area contributed by atoms with Gasteiger partial charge in [0.05, 0.1) is 6.42 Å². The molecule has 2 amide bonds. The van der Waals surface area contributed by atoms with Gasteiger partial charge in [-0.1, -0.05) is 13.8 Å². The lowest BCUT2D eigenvalue weighted by atomic mass is 10.0. The Kier molecular flexibility index (Phi) is 4.19. The molecule has 17 heavy (non-hydrogen) atoms. The van der Waals surface area contributed by atoms with Gasteiger partial charge < -0.3 is 10.4 Å². The number of carboxylic acids is 1. The highest BCUT2D eigenvalue weighted by atomic mass is 16.4. The zero-order valence-electron chi connectivity index (χ0n) is 9.69. The van der Waals surface area contributed by atoms with Crippen molar-refractivity contribution in [2.75, 3.05) is 0 Å². The standard InChI is InChI=1S/C10H15N3O4/c1-5(2)3-7(10(16)17)11-9(15)6-4-8(14)13-12-6/h5,7H,3-4H2,1-2H3,(H,11,15)(H,13,14)(H,16,17)/t7-/m0/s1. The largest absolute Gasteiger partial charge is 0.480 e. The van der Waals surface area contributed by atoms with Gasteiger partial charge in [0.25, 0.3) is 5.91 Å². The monoisotopic (exact) mass is 241 g/mol. The maximum atomic E-state index is 11.6. The van der Waals surface area contributed by atoms with Gasteiger partial charge in [-0.05, 0) is 12.3 Å². The second kappa shape index (κ2) is 5.42. The summed E-state index contributed by atoms with van der Waals surface area (Å²) in [5.41, 5.74) is 2.15. The van der Waals surface area contributed by atoms with Gasteiger partial charge in [0.15, 0.2) is 0 Å². The third-order valence-electron chi connectivity index (χ3n) is 2.22. The number of hydrazone groups is 1. The molecule has 0 aromatic carbocycles. The van der Waals surface area contributed by atoms with Gasteiger partial charge in [0.1, 0.15) is 11.8 Å². The number of carbonyl (C=O) groups is 3. The van der Waals surface area contributed by atoms with Crippen molar-refractivity contribution in [3.05, 3.63) is 0 Å². The lowest BCUT2D eigenvalue weighted by molar-refractivity contribution is -0.141. The van der Waals surface area contributed by atoms with E-state index < -0.39 is 17.9 Å². The highest BCUT2D eigenvalue weighted by molar-refractivity contribution is 6.43. The van der Waals surface area contributed by atoms with Crippen molar-refractivity contribution >= 4 is 23.5 Å². The second-order valence-corrected chi connectivity index (χ2v) is 4.26. The first-order valence-electron chi connectivity index (χ1n) is 5.29. The van der Waals surface area contributed by atoms with E-state index in [0.29, 0.717) is 6.42 Å². The first kappa shape index (κ1) is 13.1. The molecular formula is C10H15N3O4. The third kappa shape index (κ3) is 3.86. The molecule has 1 atom stereocenters. The molecule has 0 bridgehead atoms. The summed E-state index contributed by atoms with van der Waals surface area (Å²) in [6.45, 7) is 3.72. The molecule has 0 aromatic heterocycles. The van der Waals surface area contributed by atoms with Gasteiger partial charge in [0.2, 0.25) is 5.91 Å². The molecule has 0 spiro atoms. The Morgan fingerprint density at radius 2 is 2.18 bits per heavy atom. The Labute approximate surface area is 98.3 Å². The average molecular weight is 241 g/mol. The third-order valence-corrected chi connectivity index (χ3v) is 2.22. The van der Waals surface area contributed by atoms with Gasteiger partial charge in [0, 0.05) is 0 Å². The van der Waals surface area contributed by atoms with E-state index in [9.17, 15) is 14.4 Å². The van der Waals surface area contributed by atoms with Crippen LogP contribution in [0.3, 0.4) is 0 Å². The van der Waals surface area contributed by atoms with Crippen LogP contribution < -0.4 is 10.7 Å². The molecule has 0 fully saturated rings. The van der Waals surface area contributed by atoms with Crippen molar-refractivity contribution in [1.29, 1.82) is 0 Å². The zero-order valence-corrected chi connectivity index (χ0v) is 9.69. The van der Waals surface area contributed by atoms with Gasteiger partial charge >= 0.3 is 5.97 Å². The van der Waals surface area contributed by atoms with Gasteiger partial charge in [-0.2, -0.15) is 5.10 Å². The maximum absolute atomic E-state index is 11.6. The summed E-state index contributed by atoms with van der Waals surface area (Å²) in [7, 11) is 0. The number of nitrogens with zero attached hydrogens (tertiary/aromatic N) is 1. The molecule has 1 aliphatic rings. The van der Waals surface area contributed by atoms with Gasteiger partial charge in [-0.15, -0.1) is 0 Å². The molecule has 7 heteroatoms. The van der Waals surface area contributed by atoms with E-state index in [4.69, 9.17) is 5.11 Å². The number of carbonyl (C=O) groups excluding carboxylic acids is 2. The summed E-state index contributed by atoms with van der Waals surface area (Å²) in [4.78, 5) is 33.3. The summed E-state index contributed by atoms with van der Waals surface area (Å²) in [6.07, 6.45) is 0.218. The van der Waals surface area contributed by atoms with E-state index in [-0.39, 0.29) is 24.0 Å². The van der Waals surface area contributed by atoms with Crippen molar-refractivity contribution in [3.8, 4) is 0 Å². The summed E-state index contributed by atoms with van der Waals surface area (Å²) in [6, 6.07) is -0.957. The molecule has 0 radical (unpaired) electrons. The Morgan fingerprint density at radius 1 is 1.53 bits per heavy atom. The minimum atomic E-state index is -1.09. The van der Waals surface area contributed by atoms with E-state index in [1.54, 1.807) is 0 Å². The fourth-order valence-corrected chi connectivity index (χ4v) is 1.43. The highest BCUT2D eigenvalue weighted by Gasteiger charge is 2.26. The summed E-state index contributed by atoms with van der Waals surface area (Å²) >= 11 is 0. The number of hydrogen-bond donors (Lipinski definition) is 3. The topological polar surface area (TPSA) is 108 Å². The Bertz CT molecular complexity index is 376. The van der Waals surface area contributed by atoms with Crippen LogP contribution in [0.15, 0.2) is 5.10 Å². The SMILES string of the molecule is CC(C)C[C@H](NC(=O)C1=NNC(=O)C1)C(=O)O. The van der Waals surface area contributed by atoms with E-state index in [0.717, 1.165) is 0 Å². The molecule has 1 rings (SSSR count). The minimum Gasteiger partial charge on any atom is -0.480 e. The van der Waals surface area contributed by atoms with Crippen LogP contribution in [0.1, 0.15) is 26.7 Å². The zero-order chi connectivity index (χ0) is 13.0. The molecule has 0 saturated carbocycles. The van der Waals surface area contributed by atoms with Crippen LogP contribution in [-0.2, 0) is 14.4 Å². The predicted molar refractivity (Wildman–Crippen MR) is 59.2 cm³/mol. The molecule has 1 heterocycles. The van der Waals surface area contributed by atoms with Crippen LogP contribution in [0, 0.1) is 5.92 Å². The van der Waals surface area contributed by atoms with Crippen molar-refractivity contribution in [2.45, 2.75) is 32.7 Å². The predicted octanol–water partition coefficient (Wildman–Crippen LogP) is -0.522. The van der Waals surface area contributed by atoms with Crippen molar-refractivity contribution in [1.82, 2.24) is 10.7 Å². The normalized spacial score (nSPS) is 16.4. The fourth-order valence-electron chi connectivity index (χ4n) is 1.43. The van der Waals surface area contributed by atoms with Gasteiger partial charge in [-0.25, -0.2) is 10.2 Å². The molecule has 0 unspecified atom stereocenters. The molecule has 7 nitrogen and oxygen atoms in total. The van der Waals surface area contributed by atoms with Gasteiger partial charge in [-0.3, -0.25) is 9.59 Å². The summed E-state index contributed by atoms with van der Waals surface area (Å²) in [5.74, 6) is -1.94. The first-order valence-corrected chi connectivity index (χ1v) is 5.29. The summed E-state index contributed by atoms with van der Waals surface area (Å²) < 4.78 is 0. The molecule has 3 N–H and O–H groups in total. The Balaban J connectivity index is 2.58. The number of rotatable bonds is 5. The molecule has 0 aromatic rings. The first-order chi connectivity index (χ1) is 7.90. The second-order valence-electron chi connectivity index (χ2n) is 4.26. The van der Waals surface area contributed by atoms with Crippen molar-refractivity contribution in [2.24, 2.45) is 11.0 Å². The number of nitrogens with one attached hydrogen (secondary N) is 2. The van der Waals surface area contributed by atoms with Crippen LogP contribution in [0.4, 0.5) is 0 Å². The van der Waals surface area contributed by atoms with Crippen LogP contribution in [0.25, 0.3) is 0 Å². The summed E-state index contributed by atoms with van der Waals surface area (Å²) in [5, 5.41) is 14.8. The van der Waals surface area contributed by atoms with Crippen LogP contribution in [0.2, 0.25) is 0 Å².